The van der Waals surface area contributed by atoms with Crippen molar-refractivity contribution in [1.29, 1.82) is 0 Å². The minimum Gasteiger partial charge on any atom is -0.465 e. The Morgan fingerprint density at radius 3 is 2.25 bits per heavy atom. The zero-order valence-electron chi connectivity index (χ0n) is 9.40. The fourth-order valence-corrected chi connectivity index (χ4v) is 1.48. The van der Waals surface area contributed by atoms with Crippen LogP contribution in [-0.4, -0.2) is 18.9 Å². The second-order valence-electron chi connectivity index (χ2n) is 3.44. The van der Waals surface area contributed by atoms with Gasteiger partial charge in [0.25, 0.3) is 0 Å². The number of carbonyl (C=O) groups is 2. The summed E-state index contributed by atoms with van der Waals surface area (Å²) in [5.74, 6) is -0.669. The summed E-state index contributed by atoms with van der Waals surface area (Å²) in [5, 5.41) is 0. The molecular weight excluding hydrogens is 204 g/mol. The number of methoxy groups -OCH3 is 1. The van der Waals surface area contributed by atoms with Gasteiger partial charge in [-0.15, -0.1) is 6.58 Å². The summed E-state index contributed by atoms with van der Waals surface area (Å²) in [7, 11) is 1.33. The molecule has 0 N–H and O–H groups in total. The lowest BCUT2D eigenvalue weighted by Gasteiger charge is -2.09. The van der Waals surface area contributed by atoms with Crippen molar-refractivity contribution in [3.8, 4) is 0 Å². The predicted octanol–water partition coefficient (Wildman–Crippen LogP) is 2.33. The van der Waals surface area contributed by atoms with Crippen LogP contribution in [0.4, 0.5) is 0 Å². The van der Waals surface area contributed by atoms with E-state index in [1.165, 1.54) is 14.0 Å². The van der Waals surface area contributed by atoms with Gasteiger partial charge in [0.05, 0.1) is 18.6 Å². The van der Waals surface area contributed by atoms with E-state index in [1.807, 2.05) is 0 Å². The van der Waals surface area contributed by atoms with Crippen LogP contribution in [0.15, 0.2) is 36.9 Å². The van der Waals surface area contributed by atoms with Gasteiger partial charge in [0.2, 0.25) is 0 Å². The first kappa shape index (κ1) is 12.2. The monoisotopic (exact) mass is 218 g/mol. The van der Waals surface area contributed by atoms with Gasteiger partial charge in [0, 0.05) is 0 Å². The molecule has 0 aliphatic rings. The Kier molecular flexibility index (Phi) is 4.00. The Balaban J connectivity index is 2.98. The molecule has 0 radical (unpaired) electrons. The topological polar surface area (TPSA) is 43.4 Å². The lowest BCUT2D eigenvalue weighted by Crippen LogP contribution is -2.06. The minimum absolute atomic E-state index is 0.0285. The number of ketones is 1. The van der Waals surface area contributed by atoms with Crippen LogP contribution < -0.4 is 0 Å². The lowest BCUT2D eigenvalue weighted by atomic mass is 9.95. The first-order valence-corrected chi connectivity index (χ1v) is 4.91. The van der Waals surface area contributed by atoms with Gasteiger partial charge in [-0.1, -0.05) is 18.2 Å². The van der Waals surface area contributed by atoms with Crippen LogP contribution >= 0.6 is 0 Å². The second-order valence-corrected chi connectivity index (χ2v) is 3.44. The quantitative estimate of drug-likeness (QED) is 0.575. The van der Waals surface area contributed by atoms with Crippen LogP contribution in [0.1, 0.15) is 28.8 Å². The molecule has 1 atom stereocenters. The molecule has 0 aliphatic heterocycles. The molecule has 84 valence electrons. The molecule has 0 fully saturated rings. The highest BCUT2D eigenvalue weighted by Gasteiger charge is 2.13. The van der Waals surface area contributed by atoms with Crippen molar-refractivity contribution in [2.75, 3.05) is 7.11 Å². The summed E-state index contributed by atoms with van der Waals surface area (Å²) in [4.78, 5) is 22.5. The SMILES string of the molecule is C=CC(C(C)=O)c1ccc(C(=O)OC)cc1. The summed E-state index contributed by atoms with van der Waals surface area (Å²) < 4.78 is 4.58. The fourth-order valence-electron chi connectivity index (χ4n) is 1.48. The number of benzene rings is 1. The van der Waals surface area contributed by atoms with Crippen molar-refractivity contribution in [2.45, 2.75) is 12.8 Å². The molecule has 0 saturated heterocycles. The molecule has 0 spiro atoms. The predicted molar refractivity (Wildman–Crippen MR) is 61.4 cm³/mol. The van der Waals surface area contributed by atoms with E-state index in [4.69, 9.17) is 0 Å². The number of allylic oxidation sites excluding steroid dienone is 1. The van der Waals surface area contributed by atoms with Gasteiger partial charge in [0.15, 0.2) is 0 Å². The number of Topliss-reactive ketones (excluding diaryl/α,β-unsaturated/α-hetero) is 1. The van der Waals surface area contributed by atoms with Crippen LogP contribution in [0.2, 0.25) is 0 Å². The highest BCUT2D eigenvalue weighted by molar-refractivity contribution is 5.90. The first-order chi connectivity index (χ1) is 7.60. The molecule has 1 aromatic rings. The molecule has 0 saturated carbocycles. The van der Waals surface area contributed by atoms with Crippen molar-refractivity contribution in [3.63, 3.8) is 0 Å². The summed E-state index contributed by atoms with van der Waals surface area (Å²) in [6.07, 6.45) is 1.59. The van der Waals surface area contributed by atoms with Crippen molar-refractivity contribution >= 4 is 11.8 Å². The molecule has 0 amide bonds. The van der Waals surface area contributed by atoms with E-state index in [0.717, 1.165) is 5.56 Å². The Bertz CT molecular complexity index is 404. The average Bonchev–Trinajstić information content (AvgIpc) is 2.29. The molecular formula is C13H14O3. The third kappa shape index (κ3) is 2.57. The van der Waals surface area contributed by atoms with Crippen molar-refractivity contribution in [1.82, 2.24) is 0 Å². The van der Waals surface area contributed by atoms with Crippen molar-refractivity contribution in [2.24, 2.45) is 0 Å². The Morgan fingerprint density at radius 1 is 1.31 bits per heavy atom. The van der Waals surface area contributed by atoms with E-state index < -0.39 is 0 Å². The number of rotatable bonds is 4. The Labute approximate surface area is 94.7 Å². The standard InChI is InChI=1S/C13H14O3/c1-4-12(9(2)14)10-5-7-11(8-6-10)13(15)16-3/h4-8,12H,1H2,2-3H3. The highest BCUT2D eigenvalue weighted by atomic mass is 16.5. The number of hydrogen-bond donors (Lipinski definition) is 0. The summed E-state index contributed by atoms with van der Waals surface area (Å²) in [6, 6.07) is 6.75. The molecule has 1 aromatic carbocycles. The number of hydrogen-bond acceptors (Lipinski definition) is 3. The third-order valence-corrected chi connectivity index (χ3v) is 2.36. The first-order valence-electron chi connectivity index (χ1n) is 4.91. The number of esters is 1. The van der Waals surface area contributed by atoms with Crippen LogP contribution in [0.3, 0.4) is 0 Å². The third-order valence-electron chi connectivity index (χ3n) is 2.36. The smallest absolute Gasteiger partial charge is 0.337 e. The molecule has 1 unspecified atom stereocenters. The van der Waals surface area contributed by atoms with Crippen LogP contribution in [-0.2, 0) is 9.53 Å². The van der Waals surface area contributed by atoms with Crippen molar-refractivity contribution < 1.29 is 14.3 Å². The molecule has 0 bridgehead atoms. The second kappa shape index (κ2) is 5.26. The molecule has 0 aliphatic carbocycles. The number of carbonyl (C=O) groups excluding carboxylic acids is 2. The molecule has 3 heteroatoms. The van der Waals surface area contributed by atoms with Gasteiger partial charge < -0.3 is 4.74 Å². The van der Waals surface area contributed by atoms with Gasteiger partial charge >= 0.3 is 5.97 Å². The minimum atomic E-state index is -0.385. The Hall–Kier alpha value is -1.90. The fraction of sp³-hybridized carbons (Fsp3) is 0.231. The van der Waals surface area contributed by atoms with Crippen LogP contribution in [0.25, 0.3) is 0 Å². The zero-order valence-corrected chi connectivity index (χ0v) is 9.40. The zero-order chi connectivity index (χ0) is 12.1. The maximum atomic E-state index is 11.3. The molecule has 16 heavy (non-hydrogen) atoms. The van der Waals surface area contributed by atoms with Crippen LogP contribution in [0.5, 0.6) is 0 Å². The largest absolute Gasteiger partial charge is 0.465 e. The van der Waals surface area contributed by atoms with Crippen molar-refractivity contribution in [3.05, 3.63) is 48.0 Å². The van der Waals surface area contributed by atoms with E-state index in [9.17, 15) is 9.59 Å². The summed E-state index contributed by atoms with van der Waals surface area (Å²) >= 11 is 0. The molecule has 3 nitrogen and oxygen atoms in total. The average molecular weight is 218 g/mol. The van der Waals surface area contributed by atoms with E-state index >= 15 is 0 Å². The summed E-state index contributed by atoms with van der Waals surface area (Å²) in [6.45, 7) is 5.13. The van der Waals surface area contributed by atoms with E-state index in [-0.39, 0.29) is 17.7 Å². The molecule has 1 rings (SSSR count). The highest BCUT2D eigenvalue weighted by Crippen LogP contribution is 2.18. The van der Waals surface area contributed by atoms with Gasteiger partial charge in [0.1, 0.15) is 5.78 Å². The van der Waals surface area contributed by atoms with Gasteiger partial charge in [-0.2, -0.15) is 0 Å². The van der Waals surface area contributed by atoms with Gasteiger partial charge in [-0.05, 0) is 24.6 Å². The number of ether oxygens (including phenoxy) is 1. The maximum Gasteiger partial charge on any atom is 0.337 e. The summed E-state index contributed by atoms with van der Waals surface area (Å²) in [5.41, 5.74) is 1.30. The molecule has 0 heterocycles. The maximum absolute atomic E-state index is 11.3. The Morgan fingerprint density at radius 2 is 1.88 bits per heavy atom. The lowest BCUT2D eigenvalue weighted by molar-refractivity contribution is -0.117. The van der Waals surface area contributed by atoms with Crippen LogP contribution in [0, 0.1) is 0 Å². The van der Waals surface area contributed by atoms with Gasteiger partial charge in [-0.3, -0.25) is 4.79 Å². The van der Waals surface area contributed by atoms with E-state index in [2.05, 4.69) is 11.3 Å². The normalized spacial score (nSPS) is 11.6. The van der Waals surface area contributed by atoms with E-state index in [1.54, 1.807) is 30.3 Å². The van der Waals surface area contributed by atoms with Gasteiger partial charge in [-0.25, -0.2) is 4.79 Å². The van der Waals surface area contributed by atoms with E-state index in [0.29, 0.717) is 5.56 Å². The molecule has 0 aromatic heterocycles.